The maximum atomic E-state index is 10.3. The number of hydrogen-bond donors (Lipinski definition) is 0. The van der Waals surface area contributed by atoms with Gasteiger partial charge in [0.05, 0.1) is 0 Å². The third-order valence-corrected chi connectivity index (χ3v) is 2.14. The fraction of sp³-hybridized carbons (Fsp3) is 0.364. The first-order chi connectivity index (χ1) is 5.88. The van der Waals surface area contributed by atoms with Crippen molar-refractivity contribution in [1.29, 1.82) is 0 Å². The standard InChI is InChI=1S/C11H14O/c1-2-10(8-9-12)11-6-4-3-5-7-11/h3-7,9-10H,2,8H2,1H3. The molecular formula is C11H14O. The number of carbonyl (C=O) groups excluding carboxylic acids is 1. The van der Waals surface area contributed by atoms with E-state index in [-0.39, 0.29) is 0 Å². The summed E-state index contributed by atoms with van der Waals surface area (Å²) in [7, 11) is 0. The van der Waals surface area contributed by atoms with Gasteiger partial charge in [-0.3, -0.25) is 0 Å². The van der Waals surface area contributed by atoms with E-state index in [9.17, 15) is 4.79 Å². The van der Waals surface area contributed by atoms with E-state index in [1.807, 2.05) is 18.2 Å². The minimum absolute atomic E-state index is 0.406. The van der Waals surface area contributed by atoms with Gasteiger partial charge in [0.2, 0.25) is 0 Å². The summed E-state index contributed by atoms with van der Waals surface area (Å²) in [5.41, 5.74) is 1.27. The second-order valence-corrected chi connectivity index (χ2v) is 2.92. The molecule has 0 saturated heterocycles. The third kappa shape index (κ3) is 2.19. The second kappa shape index (κ2) is 4.70. The molecule has 0 N–H and O–H groups in total. The van der Waals surface area contributed by atoms with E-state index in [2.05, 4.69) is 19.1 Å². The quantitative estimate of drug-likeness (QED) is 0.622. The van der Waals surface area contributed by atoms with Crippen LogP contribution in [-0.4, -0.2) is 6.29 Å². The zero-order valence-corrected chi connectivity index (χ0v) is 7.36. The first kappa shape index (κ1) is 8.98. The fourth-order valence-corrected chi connectivity index (χ4v) is 1.38. The van der Waals surface area contributed by atoms with Gasteiger partial charge in [0.1, 0.15) is 6.29 Å². The minimum atomic E-state index is 0.406. The molecule has 0 fully saturated rings. The topological polar surface area (TPSA) is 17.1 Å². The largest absolute Gasteiger partial charge is 0.303 e. The van der Waals surface area contributed by atoms with Gasteiger partial charge in [0, 0.05) is 6.42 Å². The molecule has 0 saturated carbocycles. The van der Waals surface area contributed by atoms with Crippen molar-refractivity contribution in [1.82, 2.24) is 0 Å². The Morgan fingerprint density at radius 3 is 2.50 bits per heavy atom. The molecule has 0 aromatic heterocycles. The van der Waals surface area contributed by atoms with Gasteiger partial charge < -0.3 is 4.79 Å². The van der Waals surface area contributed by atoms with E-state index < -0.39 is 0 Å². The molecule has 0 aliphatic heterocycles. The molecule has 12 heavy (non-hydrogen) atoms. The molecule has 1 atom stereocenters. The molecule has 1 aromatic carbocycles. The van der Waals surface area contributed by atoms with Crippen LogP contribution in [0.5, 0.6) is 0 Å². The Labute approximate surface area is 73.4 Å². The van der Waals surface area contributed by atoms with Crippen LogP contribution in [0, 0.1) is 0 Å². The van der Waals surface area contributed by atoms with Crippen molar-refractivity contribution in [2.75, 3.05) is 0 Å². The lowest BCUT2D eigenvalue weighted by molar-refractivity contribution is -0.108. The number of carbonyl (C=O) groups is 1. The molecule has 1 unspecified atom stereocenters. The first-order valence-corrected chi connectivity index (χ1v) is 4.37. The van der Waals surface area contributed by atoms with Gasteiger partial charge in [-0.15, -0.1) is 0 Å². The van der Waals surface area contributed by atoms with Crippen molar-refractivity contribution in [3.05, 3.63) is 35.9 Å². The first-order valence-electron chi connectivity index (χ1n) is 4.37. The Kier molecular flexibility index (Phi) is 3.52. The van der Waals surface area contributed by atoms with Crippen LogP contribution in [-0.2, 0) is 4.79 Å². The van der Waals surface area contributed by atoms with Gasteiger partial charge in [0.15, 0.2) is 0 Å². The zero-order chi connectivity index (χ0) is 8.81. The van der Waals surface area contributed by atoms with Crippen molar-refractivity contribution >= 4 is 6.29 Å². The van der Waals surface area contributed by atoms with E-state index in [0.717, 1.165) is 12.7 Å². The molecule has 0 aliphatic carbocycles. The van der Waals surface area contributed by atoms with Crippen LogP contribution in [0.15, 0.2) is 30.3 Å². The molecule has 1 heteroatoms. The second-order valence-electron chi connectivity index (χ2n) is 2.92. The van der Waals surface area contributed by atoms with Gasteiger partial charge in [-0.1, -0.05) is 37.3 Å². The molecule has 0 aliphatic rings. The molecule has 0 bridgehead atoms. The normalized spacial score (nSPS) is 12.4. The predicted molar refractivity (Wildman–Crippen MR) is 50.2 cm³/mol. The highest BCUT2D eigenvalue weighted by molar-refractivity contribution is 5.51. The van der Waals surface area contributed by atoms with E-state index in [1.165, 1.54) is 5.56 Å². The number of benzene rings is 1. The van der Waals surface area contributed by atoms with Gasteiger partial charge in [-0.2, -0.15) is 0 Å². The van der Waals surface area contributed by atoms with Crippen LogP contribution in [0.3, 0.4) is 0 Å². The Balaban J connectivity index is 2.72. The number of aldehydes is 1. The summed E-state index contributed by atoms with van der Waals surface area (Å²) in [6.45, 7) is 2.11. The number of hydrogen-bond acceptors (Lipinski definition) is 1. The van der Waals surface area contributed by atoms with Crippen molar-refractivity contribution in [2.45, 2.75) is 25.7 Å². The lowest BCUT2D eigenvalue weighted by Crippen LogP contribution is -1.97. The summed E-state index contributed by atoms with van der Waals surface area (Å²) in [5, 5.41) is 0. The van der Waals surface area contributed by atoms with Gasteiger partial charge in [0.25, 0.3) is 0 Å². The lowest BCUT2D eigenvalue weighted by Gasteiger charge is -2.10. The average Bonchev–Trinajstić information content (AvgIpc) is 2.15. The highest BCUT2D eigenvalue weighted by Gasteiger charge is 2.06. The van der Waals surface area contributed by atoms with Crippen LogP contribution in [0.4, 0.5) is 0 Å². The van der Waals surface area contributed by atoms with Crippen molar-refractivity contribution < 1.29 is 4.79 Å². The zero-order valence-electron chi connectivity index (χ0n) is 7.36. The molecule has 0 heterocycles. The van der Waals surface area contributed by atoms with Crippen molar-refractivity contribution in [2.24, 2.45) is 0 Å². The van der Waals surface area contributed by atoms with Crippen LogP contribution in [0.1, 0.15) is 31.2 Å². The Hall–Kier alpha value is -1.11. The van der Waals surface area contributed by atoms with Crippen molar-refractivity contribution in [3.63, 3.8) is 0 Å². The van der Waals surface area contributed by atoms with Gasteiger partial charge in [-0.25, -0.2) is 0 Å². The van der Waals surface area contributed by atoms with Crippen LogP contribution in [0.25, 0.3) is 0 Å². The van der Waals surface area contributed by atoms with Crippen LogP contribution >= 0.6 is 0 Å². The summed E-state index contributed by atoms with van der Waals surface area (Å²) < 4.78 is 0. The summed E-state index contributed by atoms with van der Waals surface area (Å²) in [6, 6.07) is 10.2. The van der Waals surface area contributed by atoms with E-state index in [0.29, 0.717) is 12.3 Å². The maximum absolute atomic E-state index is 10.3. The van der Waals surface area contributed by atoms with E-state index >= 15 is 0 Å². The molecule has 0 spiro atoms. The number of rotatable bonds is 4. The Morgan fingerprint density at radius 1 is 1.33 bits per heavy atom. The highest BCUT2D eigenvalue weighted by Crippen LogP contribution is 2.21. The molecule has 0 amide bonds. The van der Waals surface area contributed by atoms with Gasteiger partial charge >= 0.3 is 0 Å². The monoisotopic (exact) mass is 162 g/mol. The average molecular weight is 162 g/mol. The molecule has 0 radical (unpaired) electrons. The predicted octanol–water partition coefficient (Wildman–Crippen LogP) is 2.77. The third-order valence-electron chi connectivity index (χ3n) is 2.14. The summed E-state index contributed by atoms with van der Waals surface area (Å²) >= 11 is 0. The summed E-state index contributed by atoms with van der Waals surface area (Å²) in [4.78, 5) is 10.3. The van der Waals surface area contributed by atoms with E-state index in [4.69, 9.17) is 0 Å². The Bertz CT molecular complexity index is 228. The molecular weight excluding hydrogens is 148 g/mol. The fourth-order valence-electron chi connectivity index (χ4n) is 1.38. The summed E-state index contributed by atoms with van der Waals surface area (Å²) in [6.07, 6.45) is 2.67. The van der Waals surface area contributed by atoms with E-state index in [1.54, 1.807) is 0 Å². The lowest BCUT2D eigenvalue weighted by atomic mass is 9.94. The van der Waals surface area contributed by atoms with Gasteiger partial charge in [-0.05, 0) is 17.9 Å². The minimum Gasteiger partial charge on any atom is -0.303 e. The Morgan fingerprint density at radius 2 is 2.00 bits per heavy atom. The highest BCUT2D eigenvalue weighted by atomic mass is 16.1. The SMILES string of the molecule is CCC(CC=O)c1ccccc1. The summed E-state index contributed by atoms with van der Waals surface area (Å²) in [5.74, 6) is 0.406. The van der Waals surface area contributed by atoms with Crippen LogP contribution in [0.2, 0.25) is 0 Å². The molecule has 1 rings (SSSR count). The molecule has 1 aromatic rings. The van der Waals surface area contributed by atoms with Crippen LogP contribution < -0.4 is 0 Å². The maximum Gasteiger partial charge on any atom is 0.120 e. The molecule has 1 nitrogen and oxygen atoms in total. The smallest absolute Gasteiger partial charge is 0.120 e. The molecule has 64 valence electrons. The van der Waals surface area contributed by atoms with Crippen molar-refractivity contribution in [3.8, 4) is 0 Å².